The summed E-state index contributed by atoms with van der Waals surface area (Å²) in [7, 11) is 0. The van der Waals surface area contributed by atoms with Gasteiger partial charge in [0.05, 0.1) is 0 Å². The molecule has 32 heavy (non-hydrogen) atoms. The van der Waals surface area contributed by atoms with Gasteiger partial charge in [0.25, 0.3) is 0 Å². The summed E-state index contributed by atoms with van der Waals surface area (Å²) in [5.41, 5.74) is 0. The first-order chi connectivity index (χ1) is 14.0. The third-order valence-corrected chi connectivity index (χ3v) is 4.44. The molecule has 0 N–H and O–H groups in total. The van der Waals surface area contributed by atoms with Gasteiger partial charge in [-0.05, 0) is 6.42 Å². The Morgan fingerprint density at radius 1 is 0.500 bits per heavy atom. The Bertz CT molecular complexity index is 636. The minimum Gasteiger partial charge on any atom is -0.293 e. The van der Waals surface area contributed by atoms with E-state index in [0.29, 0.717) is 19.3 Å². The third kappa shape index (κ3) is 4.92. The summed E-state index contributed by atoms with van der Waals surface area (Å²) in [6.07, 6.45) is -7.81. The van der Waals surface area contributed by atoms with Gasteiger partial charge in [0, 0.05) is 6.42 Å². The maximum Gasteiger partial charge on any atom is 0.460 e. The van der Waals surface area contributed by atoms with Crippen molar-refractivity contribution in [3.63, 3.8) is 0 Å². The molecule has 0 radical (unpaired) electrons. The number of hydrogen-bond acceptors (Lipinski definition) is 1. The fraction of sp³-hybridized carbons (Fsp3) is 0.938. The molecule has 0 rings (SSSR count). The highest BCUT2D eigenvalue weighted by atomic mass is 19.4. The number of hydrogen-bond donors (Lipinski definition) is 0. The van der Waals surface area contributed by atoms with Crippen molar-refractivity contribution in [1.82, 2.24) is 0 Å². The first-order valence-electron chi connectivity index (χ1n) is 8.85. The highest BCUT2D eigenvalue weighted by Crippen LogP contribution is 2.62. The molecule has 0 unspecified atom stereocenters. The lowest BCUT2D eigenvalue weighted by Crippen LogP contribution is -2.73. The van der Waals surface area contributed by atoms with Gasteiger partial charge in [0.15, 0.2) is 0 Å². The fourth-order valence-corrected chi connectivity index (χ4v) is 2.36. The number of alkyl halides is 15. The fourth-order valence-electron chi connectivity index (χ4n) is 2.36. The summed E-state index contributed by atoms with van der Waals surface area (Å²) in [5, 5.41) is 0. The zero-order valence-electron chi connectivity index (χ0n) is 16.0. The highest BCUT2D eigenvalue weighted by molar-refractivity contribution is 5.87. The molecule has 0 saturated carbocycles. The van der Waals surface area contributed by atoms with Crippen LogP contribution in [0.2, 0.25) is 0 Å². The smallest absolute Gasteiger partial charge is 0.293 e. The van der Waals surface area contributed by atoms with Crippen molar-refractivity contribution in [2.45, 2.75) is 93.6 Å². The van der Waals surface area contributed by atoms with E-state index in [0.717, 1.165) is 0 Å². The van der Waals surface area contributed by atoms with Gasteiger partial charge in [-0.25, -0.2) is 0 Å². The number of carbonyl (C=O) groups excluding carboxylic acids is 1. The molecule has 0 aromatic rings. The van der Waals surface area contributed by atoms with E-state index < -0.39 is 60.3 Å². The van der Waals surface area contributed by atoms with Crippen LogP contribution in [-0.4, -0.2) is 47.5 Å². The summed E-state index contributed by atoms with van der Waals surface area (Å²) < 4.78 is 195. The van der Waals surface area contributed by atoms with Crippen molar-refractivity contribution in [2.75, 3.05) is 0 Å². The summed E-state index contributed by atoms with van der Waals surface area (Å²) in [6.45, 7) is 1.77. The third-order valence-electron chi connectivity index (χ3n) is 4.44. The lowest BCUT2D eigenvalue weighted by atomic mass is 9.89. The largest absolute Gasteiger partial charge is 0.460 e. The number of carbonyl (C=O) groups is 1. The van der Waals surface area contributed by atoms with Crippen LogP contribution in [-0.2, 0) is 4.79 Å². The number of Topliss-reactive ketones (excluding diaryl/α,β-unsaturated/α-hetero) is 1. The molecule has 0 aliphatic rings. The number of halogens is 15. The lowest BCUT2D eigenvalue weighted by molar-refractivity contribution is -0.449. The predicted octanol–water partition coefficient (Wildman–Crippen LogP) is 7.68. The molecule has 0 spiro atoms. The summed E-state index contributed by atoms with van der Waals surface area (Å²) in [4.78, 5) is 11.3. The Morgan fingerprint density at radius 2 is 0.844 bits per heavy atom. The maximum absolute atomic E-state index is 13.6. The Morgan fingerprint density at radius 3 is 1.25 bits per heavy atom. The average molecular weight is 510 g/mol. The number of ketones is 1. The molecule has 0 aromatic heterocycles. The van der Waals surface area contributed by atoms with E-state index in [9.17, 15) is 70.7 Å². The van der Waals surface area contributed by atoms with Gasteiger partial charge in [-0.15, -0.1) is 0 Å². The van der Waals surface area contributed by atoms with E-state index in [1.54, 1.807) is 6.92 Å². The minimum absolute atomic E-state index is 0.0736. The van der Waals surface area contributed by atoms with Gasteiger partial charge < -0.3 is 0 Å². The molecule has 0 heterocycles. The van der Waals surface area contributed by atoms with Crippen molar-refractivity contribution in [3.8, 4) is 0 Å². The van der Waals surface area contributed by atoms with E-state index in [-0.39, 0.29) is 12.8 Å². The number of unbranched alkanes of at least 4 members (excludes halogenated alkanes) is 5. The Balaban J connectivity index is 5.92. The van der Waals surface area contributed by atoms with E-state index in [1.807, 2.05) is 0 Å². The van der Waals surface area contributed by atoms with E-state index in [2.05, 4.69) is 0 Å². The Kier molecular flexibility index (Phi) is 9.06. The van der Waals surface area contributed by atoms with Crippen molar-refractivity contribution >= 4 is 5.78 Å². The molecular weight excluding hydrogens is 493 g/mol. The molecule has 0 aromatic carbocycles. The van der Waals surface area contributed by atoms with Crippen molar-refractivity contribution in [2.24, 2.45) is 0 Å². The van der Waals surface area contributed by atoms with Crippen LogP contribution in [0.1, 0.15) is 51.9 Å². The Labute approximate surface area is 171 Å². The quantitative estimate of drug-likeness (QED) is 0.184. The zero-order valence-corrected chi connectivity index (χ0v) is 16.0. The second kappa shape index (κ2) is 9.47. The van der Waals surface area contributed by atoms with Crippen molar-refractivity contribution in [1.29, 1.82) is 0 Å². The SMILES string of the molecule is CCCCCCCCC(=O)C(F)(F)C(F)(F)C(F)(F)C(F)(F)C(F)(F)C(F)(F)C(F)(F)F. The predicted molar refractivity (Wildman–Crippen MR) is 78.7 cm³/mol. The standard InChI is InChI=1S/C16H17F15O/c1-2-3-4-5-6-7-8-9(32)10(17,18)11(19,20)12(21,22)13(23,24)14(25,26)15(27,28)16(29,30)31/h2-8H2,1H3. The first kappa shape index (κ1) is 30.6. The van der Waals surface area contributed by atoms with Crippen LogP contribution in [0.25, 0.3) is 0 Å². The topological polar surface area (TPSA) is 17.1 Å². The normalized spacial score (nSPS) is 15.2. The van der Waals surface area contributed by atoms with Crippen molar-refractivity contribution in [3.05, 3.63) is 0 Å². The van der Waals surface area contributed by atoms with Gasteiger partial charge in [-0.2, -0.15) is 65.9 Å². The molecule has 0 aliphatic heterocycles. The van der Waals surface area contributed by atoms with Crippen LogP contribution in [0.15, 0.2) is 0 Å². The molecule has 0 saturated heterocycles. The lowest BCUT2D eigenvalue weighted by Gasteiger charge is -2.41. The summed E-state index contributed by atoms with van der Waals surface area (Å²) in [5.74, 6) is -50.6. The Hall–Kier alpha value is -1.38. The van der Waals surface area contributed by atoms with Crippen LogP contribution in [0.3, 0.4) is 0 Å². The molecule has 0 fully saturated rings. The van der Waals surface area contributed by atoms with Gasteiger partial charge >= 0.3 is 41.7 Å². The van der Waals surface area contributed by atoms with Gasteiger partial charge in [-0.3, -0.25) is 4.79 Å². The molecule has 0 atom stereocenters. The summed E-state index contributed by atoms with van der Waals surface area (Å²) >= 11 is 0. The second-order valence-electron chi connectivity index (χ2n) is 6.89. The van der Waals surface area contributed by atoms with Gasteiger partial charge in [-0.1, -0.05) is 39.0 Å². The van der Waals surface area contributed by atoms with Crippen LogP contribution < -0.4 is 0 Å². The van der Waals surface area contributed by atoms with Crippen LogP contribution in [0.4, 0.5) is 65.9 Å². The van der Waals surface area contributed by atoms with E-state index >= 15 is 0 Å². The number of rotatable bonds is 13. The van der Waals surface area contributed by atoms with E-state index in [1.165, 1.54) is 0 Å². The van der Waals surface area contributed by atoms with Gasteiger partial charge in [0.1, 0.15) is 0 Å². The highest BCUT2D eigenvalue weighted by Gasteiger charge is 2.93. The molecule has 0 amide bonds. The maximum atomic E-state index is 13.6. The van der Waals surface area contributed by atoms with Crippen LogP contribution in [0.5, 0.6) is 0 Å². The van der Waals surface area contributed by atoms with Crippen LogP contribution in [0, 0.1) is 0 Å². The van der Waals surface area contributed by atoms with Crippen LogP contribution >= 0.6 is 0 Å². The molecule has 192 valence electrons. The molecule has 0 aliphatic carbocycles. The van der Waals surface area contributed by atoms with E-state index in [4.69, 9.17) is 0 Å². The molecule has 1 nitrogen and oxygen atoms in total. The monoisotopic (exact) mass is 510 g/mol. The molecule has 0 bridgehead atoms. The van der Waals surface area contributed by atoms with Crippen molar-refractivity contribution < 1.29 is 70.7 Å². The zero-order chi connectivity index (χ0) is 26.0. The second-order valence-corrected chi connectivity index (χ2v) is 6.89. The summed E-state index contributed by atoms with van der Waals surface area (Å²) in [6, 6.07) is 0. The van der Waals surface area contributed by atoms with Gasteiger partial charge in [0.2, 0.25) is 5.78 Å². The minimum atomic E-state index is -8.37. The first-order valence-corrected chi connectivity index (χ1v) is 8.85. The molecule has 16 heteroatoms. The average Bonchev–Trinajstić information content (AvgIpc) is 2.62. The molecular formula is C16H17F15O.